The molecule has 2 aliphatic heterocycles. The Bertz CT molecular complexity index is 753. The quantitative estimate of drug-likeness (QED) is 0.858. The average molecular weight is 340 g/mol. The first-order chi connectivity index (χ1) is 12.3. The Kier molecular flexibility index (Phi) is 4.42. The van der Waals surface area contributed by atoms with Crippen molar-refractivity contribution in [1.82, 2.24) is 19.7 Å². The molecule has 4 rings (SSSR count). The first-order valence-corrected chi connectivity index (χ1v) is 9.20. The van der Waals surface area contributed by atoms with Gasteiger partial charge in [-0.05, 0) is 50.5 Å². The van der Waals surface area contributed by atoms with Gasteiger partial charge in [-0.1, -0.05) is 0 Å². The number of likely N-dealkylation sites (tertiary alicyclic amines) is 1. The second-order valence-electron chi connectivity index (χ2n) is 6.78. The minimum atomic E-state index is 0.0916. The van der Waals surface area contributed by atoms with Crippen LogP contribution in [0.1, 0.15) is 54.1 Å². The third kappa shape index (κ3) is 3.13. The van der Waals surface area contributed by atoms with Crippen LogP contribution >= 0.6 is 0 Å². The van der Waals surface area contributed by atoms with Crippen LogP contribution in [-0.2, 0) is 13.0 Å². The van der Waals surface area contributed by atoms with Gasteiger partial charge in [0.1, 0.15) is 17.4 Å². The lowest BCUT2D eigenvalue weighted by molar-refractivity contribution is 0.0703. The molecule has 1 aromatic heterocycles. The molecule has 1 aromatic carbocycles. The molecule has 3 heterocycles. The predicted octanol–water partition coefficient (Wildman–Crippen LogP) is 2.64. The number of carbonyl (C=O) groups excluding carboxylic acids is 1. The van der Waals surface area contributed by atoms with E-state index in [9.17, 15) is 4.79 Å². The summed E-state index contributed by atoms with van der Waals surface area (Å²) in [5.74, 6) is 3.35. The summed E-state index contributed by atoms with van der Waals surface area (Å²) < 4.78 is 7.71. The van der Waals surface area contributed by atoms with Gasteiger partial charge in [0.15, 0.2) is 0 Å². The molecule has 0 unspecified atom stereocenters. The summed E-state index contributed by atoms with van der Waals surface area (Å²) >= 11 is 0. The highest BCUT2D eigenvalue weighted by Gasteiger charge is 2.30. The topological polar surface area (TPSA) is 60.2 Å². The summed E-state index contributed by atoms with van der Waals surface area (Å²) in [7, 11) is 0. The fraction of sp³-hybridized carbons (Fsp3) is 0.526. The van der Waals surface area contributed by atoms with Crippen molar-refractivity contribution in [1.29, 1.82) is 0 Å². The molecular weight excluding hydrogens is 316 g/mol. The van der Waals surface area contributed by atoms with Crippen LogP contribution in [0.2, 0.25) is 0 Å². The minimum Gasteiger partial charge on any atom is -0.494 e. The Morgan fingerprint density at radius 3 is 2.84 bits per heavy atom. The molecule has 1 atom stereocenters. The van der Waals surface area contributed by atoms with Gasteiger partial charge in [0.05, 0.1) is 6.61 Å². The molecule has 0 radical (unpaired) electrons. The highest BCUT2D eigenvalue weighted by molar-refractivity contribution is 5.94. The molecule has 0 N–H and O–H groups in total. The second kappa shape index (κ2) is 6.86. The maximum Gasteiger partial charge on any atom is 0.253 e. The molecule has 2 aromatic rings. The number of hydrogen-bond donors (Lipinski definition) is 0. The van der Waals surface area contributed by atoms with Crippen LogP contribution in [0.25, 0.3) is 0 Å². The van der Waals surface area contributed by atoms with E-state index in [-0.39, 0.29) is 5.91 Å². The van der Waals surface area contributed by atoms with Gasteiger partial charge >= 0.3 is 0 Å². The van der Waals surface area contributed by atoms with Crippen LogP contribution in [0, 0.1) is 0 Å². The first kappa shape index (κ1) is 16.1. The highest BCUT2D eigenvalue weighted by Crippen LogP contribution is 2.29. The number of aromatic nitrogens is 3. The zero-order valence-corrected chi connectivity index (χ0v) is 14.6. The Morgan fingerprint density at radius 1 is 1.20 bits per heavy atom. The fourth-order valence-corrected chi connectivity index (χ4v) is 3.89. The van der Waals surface area contributed by atoms with Gasteiger partial charge in [-0.25, -0.2) is 0 Å². The lowest BCUT2D eigenvalue weighted by atomic mass is 9.96. The molecule has 25 heavy (non-hydrogen) atoms. The Balaban J connectivity index is 1.47. The number of rotatable bonds is 4. The van der Waals surface area contributed by atoms with Gasteiger partial charge < -0.3 is 14.2 Å². The molecule has 6 heteroatoms. The van der Waals surface area contributed by atoms with E-state index >= 15 is 0 Å². The summed E-state index contributed by atoms with van der Waals surface area (Å²) in [6, 6.07) is 7.44. The molecular formula is C19H24N4O2. The van der Waals surface area contributed by atoms with E-state index in [4.69, 9.17) is 4.74 Å². The number of benzene rings is 1. The maximum atomic E-state index is 12.9. The van der Waals surface area contributed by atoms with Gasteiger partial charge in [0, 0.05) is 37.5 Å². The SMILES string of the molecule is CCOc1ccc(C(=O)N2CCC[C@H](c3nnc4n3CCC4)C2)cc1. The molecule has 0 bridgehead atoms. The number of fused-ring (bicyclic) bond motifs is 1. The number of hydrogen-bond acceptors (Lipinski definition) is 4. The Morgan fingerprint density at radius 2 is 2.04 bits per heavy atom. The first-order valence-electron chi connectivity index (χ1n) is 9.20. The number of amides is 1. The molecule has 6 nitrogen and oxygen atoms in total. The highest BCUT2D eigenvalue weighted by atomic mass is 16.5. The third-order valence-corrected chi connectivity index (χ3v) is 5.12. The van der Waals surface area contributed by atoms with E-state index in [1.54, 1.807) is 0 Å². The van der Waals surface area contributed by atoms with Crippen molar-refractivity contribution in [2.45, 2.75) is 45.1 Å². The van der Waals surface area contributed by atoms with Gasteiger partial charge in [-0.2, -0.15) is 0 Å². The third-order valence-electron chi connectivity index (χ3n) is 5.12. The number of piperidine rings is 1. The van der Waals surface area contributed by atoms with Gasteiger partial charge in [-0.3, -0.25) is 4.79 Å². The van der Waals surface area contributed by atoms with Crippen molar-refractivity contribution in [2.75, 3.05) is 19.7 Å². The van der Waals surface area contributed by atoms with Crippen molar-refractivity contribution in [3.63, 3.8) is 0 Å². The lowest BCUT2D eigenvalue weighted by Crippen LogP contribution is -2.39. The van der Waals surface area contributed by atoms with E-state index < -0.39 is 0 Å². The van der Waals surface area contributed by atoms with Gasteiger partial charge in [0.25, 0.3) is 5.91 Å². The summed E-state index contributed by atoms with van der Waals surface area (Å²) in [6.07, 6.45) is 4.26. The molecule has 0 spiro atoms. The minimum absolute atomic E-state index is 0.0916. The van der Waals surface area contributed by atoms with E-state index in [2.05, 4.69) is 14.8 Å². The summed E-state index contributed by atoms with van der Waals surface area (Å²) in [5, 5.41) is 8.74. The van der Waals surface area contributed by atoms with Gasteiger partial charge in [-0.15, -0.1) is 10.2 Å². The molecule has 2 aliphatic rings. The van der Waals surface area contributed by atoms with Crippen LogP contribution in [0.15, 0.2) is 24.3 Å². The summed E-state index contributed by atoms with van der Waals surface area (Å²) in [4.78, 5) is 14.8. The zero-order valence-electron chi connectivity index (χ0n) is 14.6. The van der Waals surface area contributed by atoms with Crippen LogP contribution < -0.4 is 4.74 Å². The summed E-state index contributed by atoms with van der Waals surface area (Å²) in [6.45, 7) is 5.13. The number of ether oxygens (including phenoxy) is 1. The largest absolute Gasteiger partial charge is 0.494 e. The lowest BCUT2D eigenvalue weighted by Gasteiger charge is -2.32. The fourth-order valence-electron chi connectivity index (χ4n) is 3.89. The molecule has 1 amide bonds. The van der Waals surface area contributed by atoms with E-state index in [0.29, 0.717) is 12.5 Å². The normalized spacial score (nSPS) is 19.7. The molecule has 1 saturated heterocycles. The average Bonchev–Trinajstić information content (AvgIpc) is 3.26. The Hall–Kier alpha value is -2.37. The predicted molar refractivity (Wildman–Crippen MR) is 93.8 cm³/mol. The molecule has 0 saturated carbocycles. The van der Waals surface area contributed by atoms with Crippen molar-refractivity contribution in [3.05, 3.63) is 41.5 Å². The van der Waals surface area contributed by atoms with Crippen LogP contribution in [0.4, 0.5) is 0 Å². The number of aryl methyl sites for hydroxylation is 1. The van der Waals surface area contributed by atoms with Crippen LogP contribution in [-0.4, -0.2) is 45.3 Å². The van der Waals surface area contributed by atoms with Crippen molar-refractivity contribution in [2.24, 2.45) is 0 Å². The Labute approximate surface area is 147 Å². The summed E-state index contributed by atoms with van der Waals surface area (Å²) in [5.41, 5.74) is 0.718. The molecule has 132 valence electrons. The molecule has 1 fully saturated rings. The van der Waals surface area contributed by atoms with E-state index in [0.717, 1.165) is 68.3 Å². The van der Waals surface area contributed by atoms with Crippen LogP contribution in [0.3, 0.4) is 0 Å². The number of nitrogens with zero attached hydrogens (tertiary/aromatic N) is 4. The zero-order chi connectivity index (χ0) is 17.2. The van der Waals surface area contributed by atoms with Crippen molar-refractivity contribution in [3.8, 4) is 5.75 Å². The van der Waals surface area contributed by atoms with Crippen molar-refractivity contribution < 1.29 is 9.53 Å². The second-order valence-corrected chi connectivity index (χ2v) is 6.78. The van der Waals surface area contributed by atoms with Gasteiger partial charge in [0.2, 0.25) is 0 Å². The van der Waals surface area contributed by atoms with Crippen molar-refractivity contribution >= 4 is 5.91 Å². The van der Waals surface area contributed by atoms with E-state index in [1.165, 1.54) is 0 Å². The van der Waals surface area contributed by atoms with E-state index in [1.807, 2.05) is 36.1 Å². The standard InChI is InChI=1S/C19H24N4O2/c1-2-25-16-9-7-14(8-10-16)19(24)22-11-3-5-15(13-22)18-21-20-17-6-4-12-23(17)18/h7-10,15H,2-6,11-13H2,1H3/t15-/m0/s1. The molecule has 0 aliphatic carbocycles. The smallest absolute Gasteiger partial charge is 0.253 e. The monoisotopic (exact) mass is 340 g/mol. The number of carbonyl (C=O) groups is 1. The maximum absolute atomic E-state index is 12.9. The van der Waals surface area contributed by atoms with Crippen LogP contribution in [0.5, 0.6) is 5.75 Å².